The molecule has 11 heteroatoms. The first-order chi connectivity index (χ1) is 13.8. The zero-order valence-electron chi connectivity index (χ0n) is 15.7. The molecule has 1 N–H and O–H groups in total. The lowest BCUT2D eigenvalue weighted by molar-refractivity contribution is -0.384. The summed E-state index contributed by atoms with van der Waals surface area (Å²) in [6.45, 7) is 1.17. The molecule has 0 aliphatic rings. The average molecular weight is 421 g/mol. The summed E-state index contributed by atoms with van der Waals surface area (Å²) in [6, 6.07) is 6.87. The highest BCUT2D eigenvalue weighted by atomic mass is 35.5. The Morgan fingerprint density at radius 3 is 2.52 bits per heavy atom. The van der Waals surface area contributed by atoms with E-state index in [1.54, 1.807) is 6.07 Å². The Kier molecular flexibility index (Phi) is 7.21. The van der Waals surface area contributed by atoms with Crippen molar-refractivity contribution in [1.82, 2.24) is 0 Å². The number of azo groups is 1. The number of halogens is 1. The number of carbonyl (C=O) groups is 2. The molecule has 0 heterocycles. The van der Waals surface area contributed by atoms with Crippen LogP contribution >= 0.6 is 11.6 Å². The van der Waals surface area contributed by atoms with Crippen LogP contribution in [0.1, 0.15) is 6.92 Å². The van der Waals surface area contributed by atoms with Crippen molar-refractivity contribution in [2.24, 2.45) is 10.2 Å². The fraction of sp³-hybridized carbons (Fsp3) is 0.222. The number of nitro benzene ring substituents is 1. The van der Waals surface area contributed by atoms with Crippen LogP contribution in [0.5, 0.6) is 11.5 Å². The molecule has 152 valence electrons. The third-order valence-electron chi connectivity index (χ3n) is 3.71. The number of hydrogen-bond acceptors (Lipinski definition) is 8. The largest absolute Gasteiger partial charge is 0.493 e. The highest BCUT2D eigenvalue weighted by Crippen LogP contribution is 2.40. The monoisotopic (exact) mass is 420 g/mol. The van der Waals surface area contributed by atoms with Gasteiger partial charge in [0.05, 0.1) is 29.9 Å². The van der Waals surface area contributed by atoms with Crippen LogP contribution < -0.4 is 14.8 Å². The molecule has 2 aromatic carbocycles. The van der Waals surface area contributed by atoms with Crippen LogP contribution in [0, 0.1) is 10.1 Å². The van der Waals surface area contributed by atoms with E-state index in [-0.39, 0.29) is 27.8 Å². The zero-order valence-corrected chi connectivity index (χ0v) is 16.5. The van der Waals surface area contributed by atoms with Gasteiger partial charge in [0.1, 0.15) is 5.69 Å². The van der Waals surface area contributed by atoms with Crippen molar-refractivity contribution in [1.29, 1.82) is 0 Å². The molecule has 0 aromatic heterocycles. The van der Waals surface area contributed by atoms with Gasteiger partial charge in [-0.3, -0.25) is 19.7 Å². The molecule has 0 aliphatic carbocycles. The van der Waals surface area contributed by atoms with E-state index in [0.29, 0.717) is 5.75 Å². The maximum absolute atomic E-state index is 12.6. The second kappa shape index (κ2) is 9.60. The van der Waals surface area contributed by atoms with Crippen LogP contribution in [0.4, 0.5) is 17.1 Å². The molecule has 0 radical (unpaired) electrons. The number of nitro groups is 1. The number of hydrogen-bond donors (Lipinski definition) is 1. The van der Waals surface area contributed by atoms with Gasteiger partial charge < -0.3 is 14.8 Å². The van der Waals surface area contributed by atoms with Crippen molar-refractivity contribution in [3.63, 3.8) is 0 Å². The number of ketones is 1. The second-order valence-electron chi connectivity index (χ2n) is 5.65. The Labute approximate surface area is 170 Å². The quantitative estimate of drug-likeness (QED) is 0.297. The summed E-state index contributed by atoms with van der Waals surface area (Å²) in [6.07, 6.45) is 0. The molecule has 0 saturated carbocycles. The summed E-state index contributed by atoms with van der Waals surface area (Å²) >= 11 is 6.13. The number of rotatable bonds is 8. The Bertz CT molecular complexity index is 979. The first kappa shape index (κ1) is 21.8. The van der Waals surface area contributed by atoms with Crippen LogP contribution in [0.25, 0.3) is 0 Å². The lowest BCUT2D eigenvalue weighted by Crippen LogP contribution is -2.32. The molecule has 29 heavy (non-hydrogen) atoms. The van der Waals surface area contributed by atoms with Crippen LogP contribution in [0.3, 0.4) is 0 Å². The van der Waals surface area contributed by atoms with Gasteiger partial charge in [-0.05, 0) is 25.1 Å². The first-order valence-corrected chi connectivity index (χ1v) is 8.53. The van der Waals surface area contributed by atoms with E-state index < -0.39 is 22.7 Å². The number of methoxy groups -OCH3 is 2. The van der Waals surface area contributed by atoms with E-state index in [0.717, 1.165) is 0 Å². The molecule has 1 unspecified atom stereocenters. The number of benzene rings is 2. The van der Waals surface area contributed by atoms with E-state index in [1.165, 1.54) is 51.5 Å². The molecule has 10 nitrogen and oxygen atoms in total. The number of Topliss-reactive ketones (excluding diaryl/α,β-unsaturated/α-hetero) is 1. The number of nitrogens with one attached hydrogen (secondary N) is 1. The smallest absolute Gasteiger partial charge is 0.271 e. The highest BCUT2D eigenvalue weighted by molar-refractivity contribution is 6.34. The Hall–Kier alpha value is -3.53. The van der Waals surface area contributed by atoms with Crippen LogP contribution in [-0.2, 0) is 9.59 Å². The zero-order chi connectivity index (χ0) is 21.6. The maximum atomic E-state index is 12.6. The predicted molar refractivity (Wildman–Crippen MR) is 105 cm³/mol. The predicted octanol–water partition coefficient (Wildman–Crippen LogP) is 3.95. The van der Waals surface area contributed by atoms with Gasteiger partial charge in [0.2, 0.25) is 6.04 Å². The van der Waals surface area contributed by atoms with E-state index in [2.05, 4.69) is 15.5 Å². The number of amides is 1. The summed E-state index contributed by atoms with van der Waals surface area (Å²) in [5.41, 5.74) is 0.0312. The highest BCUT2D eigenvalue weighted by Gasteiger charge is 2.26. The molecule has 0 fully saturated rings. The SMILES string of the molecule is COc1ccc(Cl)c(NC(=O)C(N=Nc2cccc([N+](=O)[O-])c2)C(C)=O)c1OC. The summed E-state index contributed by atoms with van der Waals surface area (Å²) in [5, 5.41) is 21.0. The summed E-state index contributed by atoms with van der Waals surface area (Å²) in [5.74, 6) is -0.897. The van der Waals surface area contributed by atoms with Gasteiger partial charge in [0, 0.05) is 12.1 Å². The molecule has 0 aliphatic heterocycles. The number of nitrogens with zero attached hydrogens (tertiary/aromatic N) is 3. The Morgan fingerprint density at radius 1 is 1.21 bits per heavy atom. The van der Waals surface area contributed by atoms with Crippen molar-refractivity contribution >= 4 is 40.4 Å². The van der Waals surface area contributed by atoms with E-state index in [1.807, 2.05) is 0 Å². The van der Waals surface area contributed by atoms with Crippen molar-refractivity contribution in [2.75, 3.05) is 19.5 Å². The van der Waals surface area contributed by atoms with E-state index in [9.17, 15) is 19.7 Å². The molecule has 1 amide bonds. The molecule has 1 atom stereocenters. The van der Waals surface area contributed by atoms with Crippen LogP contribution in [-0.4, -0.2) is 36.9 Å². The second-order valence-corrected chi connectivity index (χ2v) is 6.06. The summed E-state index contributed by atoms with van der Waals surface area (Å²) < 4.78 is 10.4. The van der Waals surface area contributed by atoms with Crippen molar-refractivity contribution in [3.05, 3.63) is 51.5 Å². The van der Waals surface area contributed by atoms with Crippen LogP contribution in [0.2, 0.25) is 5.02 Å². The third-order valence-corrected chi connectivity index (χ3v) is 4.02. The fourth-order valence-corrected chi connectivity index (χ4v) is 2.52. The van der Waals surface area contributed by atoms with Gasteiger partial charge >= 0.3 is 0 Å². The van der Waals surface area contributed by atoms with Gasteiger partial charge in [-0.25, -0.2) is 0 Å². The van der Waals surface area contributed by atoms with Crippen LogP contribution in [0.15, 0.2) is 46.6 Å². The minimum absolute atomic E-state index is 0.107. The van der Waals surface area contributed by atoms with Crippen molar-refractivity contribution in [2.45, 2.75) is 13.0 Å². The van der Waals surface area contributed by atoms with E-state index >= 15 is 0 Å². The van der Waals surface area contributed by atoms with Gasteiger partial charge in [-0.15, -0.1) is 0 Å². The number of carbonyl (C=O) groups excluding carboxylic acids is 2. The van der Waals surface area contributed by atoms with Gasteiger partial charge in [-0.2, -0.15) is 10.2 Å². The summed E-state index contributed by atoms with van der Waals surface area (Å²) in [7, 11) is 2.79. The Balaban J connectivity index is 2.31. The minimum Gasteiger partial charge on any atom is -0.493 e. The minimum atomic E-state index is -1.50. The topological polar surface area (TPSA) is 132 Å². The number of non-ortho nitro benzene ring substituents is 1. The average Bonchev–Trinajstić information content (AvgIpc) is 2.69. The fourth-order valence-electron chi connectivity index (χ4n) is 2.32. The maximum Gasteiger partial charge on any atom is 0.271 e. The van der Waals surface area contributed by atoms with Gasteiger partial charge in [0.25, 0.3) is 11.6 Å². The molecule has 0 spiro atoms. The van der Waals surface area contributed by atoms with Gasteiger partial charge in [-0.1, -0.05) is 17.7 Å². The Morgan fingerprint density at radius 2 is 1.93 bits per heavy atom. The van der Waals surface area contributed by atoms with Gasteiger partial charge in [0.15, 0.2) is 17.3 Å². The normalized spacial score (nSPS) is 11.7. The lowest BCUT2D eigenvalue weighted by atomic mass is 10.2. The number of ether oxygens (including phenoxy) is 2. The molecular formula is C18H17ClN4O6. The van der Waals surface area contributed by atoms with Crippen molar-refractivity contribution < 1.29 is 24.0 Å². The summed E-state index contributed by atoms with van der Waals surface area (Å²) in [4.78, 5) is 34.8. The molecule has 2 aromatic rings. The molecule has 0 saturated heterocycles. The third kappa shape index (κ3) is 5.26. The molecular weight excluding hydrogens is 404 g/mol. The number of anilines is 1. The standard InChI is InChI=1S/C18H17ClN4O6/c1-10(24)15(22-21-11-5-4-6-12(9-11)23(26)27)18(25)20-16-13(19)7-8-14(28-2)17(16)29-3/h4-9,15H,1-3H3,(H,20,25). The lowest BCUT2D eigenvalue weighted by Gasteiger charge is -2.16. The van der Waals surface area contributed by atoms with Crippen molar-refractivity contribution in [3.8, 4) is 11.5 Å². The first-order valence-electron chi connectivity index (χ1n) is 8.15. The molecule has 2 rings (SSSR count). The molecule has 0 bridgehead atoms. The van der Waals surface area contributed by atoms with E-state index in [4.69, 9.17) is 21.1 Å².